The second-order valence-electron chi connectivity index (χ2n) is 3.60. The van der Waals surface area contributed by atoms with Crippen LogP contribution in [0.2, 0.25) is 0 Å². The number of carbonyl (C=O) groups is 1. The van der Waals surface area contributed by atoms with Gasteiger partial charge < -0.3 is 9.47 Å². The molecule has 3 atom stereocenters. The van der Waals surface area contributed by atoms with Crippen molar-refractivity contribution in [2.45, 2.75) is 37.9 Å². The maximum absolute atomic E-state index is 11.0. The molecule has 0 amide bonds. The molecule has 0 N–H and O–H groups in total. The predicted octanol–water partition coefficient (Wildman–Crippen LogP) is 1.12. The SMILES string of the molecule is CO[C@@H]1CCC[C@@H]2OC(=O)C[C@@H]21. The summed E-state index contributed by atoms with van der Waals surface area (Å²) in [5, 5.41) is 0. The van der Waals surface area contributed by atoms with Crippen LogP contribution in [0.4, 0.5) is 0 Å². The normalized spacial score (nSPS) is 40.8. The van der Waals surface area contributed by atoms with E-state index in [1.54, 1.807) is 7.11 Å². The number of ether oxygens (including phenoxy) is 2. The van der Waals surface area contributed by atoms with Crippen molar-refractivity contribution >= 4 is 5.97 Å². The lowest BCUT2D eigenvalue weighted by molar-refractivity contribution is -0.142. The van der Waals surface area contributed by atoms with Crippen molar-refractivity contribution in [3.8, 4) is 0 Å². The molecule has 1 saturated heterocycles. The lowest BCUT2D eigenvalue weighted by Crippen LogP contribution is -2.34. The van der Waals surface area contributed by atoms with Crippen molar-refractivity contribution < 1.29 is 14.3 Å². The maximum atomic E-state index is 11.0. The largest absolute Gasteiger partial charge is 0.462 e. The summed E-state index contributed by atoms with van der Waals surface area (Å²) in [6.45, 7) is 0. The summed E-state index contributed by atoms with van der Waals surface area (Å²) in [5.74, 6) is 0.283. The Hall–Kier alpha value is -0.570. The van der Waals surface area contributed by atoms with E-state index in [1.165, 1.54) is 0 Å². The number of rotatable bonds is 1. The zero-order valence-electron chi connectivity index (χ0n) is 7.29. The van der Waals surface area contributed by atoms with Gasteiger partial charge in [0.1, 0.15) is 6.10 Å². The number of hydrogen-bond acceptors (Lipinski definition) is 3. The Kier molecular flexibility index (Phi) is 2.05. The van der Waals surface area contributed by atoms with Gasteiger partial charge in [0, 0.05) is 13.0 Å². The standard InChI is InChI=1S/C9H14O3/c1-11-7-3-2-4-8-6(7)5-9(10)12-8/h6-8H,2-5H2,1H3/t6-,7-,8+/m1/s1. The number of esters is 1. The van der Waals surface area contributed by atoms with Crippen molar-refractivity contribution in [2.24, 2.45) is 5.92 Å². The van der Waals surface area contributed by atoms with Gasteiger partial charge in [-0.25, -0.2) is 0 Å². The second kappa shape index (κ2) is 3.05. The van der Waals surface area contributed by atoms with Crippen molar-refractivity contribution in [3.63, 3.8) is 0 Å². The molecule has 1 saturated carbocycles. The molecule has 0 bridgehead atoms. The van der Waals surface area contributed by atoms with Gasteiger partial charge >= 0.3 is 5.97 Å². The zero-order valence-corrected chi connectivity index (χ0v) is 7.29. The third kappa shape index (κ3) is 1.22. The van der Waals surface area contributed by atoms with Gasteiger partial charge in [-0.2, -0.15) is 0 Å². The van der Waals surface area contributed by atoms with Crippen LogP contribution in [0.15, 0.2) is 0 Å². The topological polar surface area (TPSA) is 35.5 Å². The van der Waals surface area contributed by atoms with Gasteiger partial charge in [-0.05, 0) is 19.3 Å². The van der Waals surface area contributed by atoms with Crippen LogP contribution < -0.4 is 0 Å². The summed E-state index contributed by atoms with van der Waals surface area (Å²) in [6.07, 6.45) is 4.17. The molecule has 0 radical (unpaired) electrons. The Morgan fingerprint density at radius 1 is 1.50 bits per heavy atom. The highest BCUT2D eigenvalue weighted by molar-refractivity contribution is 5.72. The first-order valence-corrected chi connectivity index (χ1v) is 4.53. The third-order valence-electron chi connectivity index (χ3n) is 2.92. The molecular formula is C9H14O3. The van der Waals surface area contributed by atoms with Crippen LogP contribution in [-0.2, 0) is 14.3 Å². The summed E-state index contributed by atoms with van der Waals surface area (Å²) in [6, 6.07) is 0. The second-order valence-corrected chi connectivity index (χ2v) is 3.60. The minimum absolute atomic E-state index is 0.0473. The summed E-state index contributed by atoms with van der Waals surface area (Å²) in [7, 11) is 1.72. The first kappa shape index (κ1) is 8.05. The molecule has 1 aliphatic heterocycles. The molecule has 2 fully saturated rings. The Balaban J connectivity index is 2.07. The van der Waals surface area contributed by atoms with Gasteiger partial charge in [-0.15, -0.1) is 0 Å². The lowest BCUT2D eigenvalue weighted by Gasteiger charge is -2.30. The molecule has 1 aliphatic carbocycles. The molecule has 0 unspecified atom stereocenters. The van der Waals surface area contributed by atoms with E-state index < -0.39 is 0 Å². The van der Waals surface area contributed by atoms with Gasteiger partial charge in [-0.1, -0.05) is 0 Å². The van der Waals surface area contributed by atoms with Crippen molar-refractivity contribution in [2.75, 3.05) is 7.11 Å². The smallest absolute Gasteiger partial charge is 0.306 e. The van der Waals surface area contributed by atoms with E-state index in [2.05, 4.69) is 0 Å². The molecule has 3 heteroatoms. The number of methoxy groups -OCH3 is 1. The van der Waals surface area contributed by atoms with Crippen LogP contribution in [0, 0.1) is 5.92 Å². The van der Waals surface area contributed by atoms with Crippen molar-refractivity contribution in [3.05, 3.63) is 0 Å². The lowest BCUT2D eigenvalue weighted by atomic mass is 9.83. The summed E-state index contributed by atoms with van der Waals surface area (Å²) in [4.78, 5) is 11.0. The summed E-state index contributed by atoms with van der Waals surface area (Å²) >= 11 is 0. The van der Waals surface area contributed by atoms with E-state index in [4.69, 9.17) is 9.47 Å². The summed E-state index contributed by atoms with van der Waals surface area (Å²) < 4.78 is 10.5. The molecule has 0 aromatic carbocycles. The molecule has 12 heavy (non-hydrogen) atoms. The molecule has 2 rings (SSSR count). The first-order valence-electron chi connectivity index (χ1n) is 4.53. The Bertz CT molecular complexity index is 190. The highest BCUT2D eigenvalue weighted by Gasteiger charge is 2.42. The van der Waals surface area contributed by atoms with Gasteiger partial charge in [-0.3, -0.25) is 4.79 Å². The monoisotopic (exact) mass is 170 g/mol. The van der Waals surface area contributed by atoms with Crippen LogP contribution in [0.5, 0.6) is 0 Å². The Morgan fingerprint density at radius 3 is 3.08 bits per heavy atom. The molecule has 3 nitrogen and oxygen atoms in total. The third-order valence-corrected chi connectivity index (χ3v) is 2.92. The van der Waals surface area contributed by atoms with Gasteiger partial charge in [0.05, 0.1) is 12.5 Å². The van der Waals surface area contributed by atoms with Crippen LogP contribution >= 0.6 is 0 Å². The van der Waals surface area contributed by atoms with E-state index in [-0.39, 0.29) is 18.2 Å². The predicted molar refractivity (Wildman–Crippen MR) is 42.6 cm³/mol. The van der Waals surface area contributed by atoms with Gasteiger partial charge in [0.25, 0.3) is 0 Å². The van der Waals surface area contributed by atoms with Crippen molar-refractivity contribution in [1.29, 1.82) is 0 Å². The number of carbonyl (C=O) groups excluding carboxylic acids is 1. The molecule has 0 aromatic heterocycles. The molecule has 0 spiro atoms. The number of hydrogen-bond donors (Lipinski definition) is 0. The van der Waals surface area contributed by atoms with Crippen LogP contribution in [0.3, 0.4) is 0 Å². The molecule has 2 aliphatic rings. The van der Waals surface area contributed by atoms with E-state index in [1.807, 2.05) is 0 Å². The highest BCUT2D eigenvalue weighted by atomic mass is 16.6. The summed E-state index contributed by atoms with van der Waals surface area (Å²) in [5.41, 5.74) is 0. The average molecular weight is 170 g/mol. The number of fused-ring (bicyclic) bond motifs is 1. The fraction of sp³-hybridized carbons (Fsp3) is 0.889. The maximum Gasteiger partial charge on any atom is 0.306 e. The minimum Gasteiger partial charge on any atom is -0.462 e. The van der Waals surface area contributed by atoms with Crippen LogP contribution in [-0.4, -0.2) is 25.3 Å². The minimum atomic E-state index is -0.0473. The fourth-order valence-corrected chi connectivity index (χ4v) is 2.30. The Labute approximate surface area is 72.0 Å². The van der Waals surface area contributed by atoms with Gasteiger partial charge in [0.15, 0.2) is 0 Å². The van der Waals surface area contributed by atoms with Gasteiger partial charge in [0.2, 0.25) is 0 Å². The van der Waals surface area contributed by atoms with E-state index in [0.29, 0.717) is 12.3 Å². The van der Waals surface area contributed by atoms with Crippen LogP contribution in [0.1, 0.15) is 25.7 Å². The molecule has 1 heterocycles. The molecule has 68 valence electrons. The molecular weight excluding hydrogens is 156 g/mol. The van der Waals surface area contributed by atoms with Crippen LogP contribution in [0.25, 0.3) is 0 Å². The van der Waals surface area contributed by atoms with E-state index in [9.17, 15) is 4.79 Å². The molecule has 0 aromatic rings. The fourth-order valence-electron chi connectivity index (χ4n) is 2.30. The van der Waals surface area contributed by atoms with Crippen molar-refractivity contribution in [1.82, 2.24) is 0 Å². The Morgan fingerprint density at radius 2 is 2.33 bits per heavy atom. The quantitative estimate of drug-likeness (QED) is 0.553. The first-order chi connectivity index (χ1) is 5.81. The average Bonchev–Trinajstić information content (AvgIpc) is 2.44. The van der Waals surface area contributed by atoms with E-state index >= 15 is 0 Å². The zero-order chi connectivity index (χ0) is 8.55. The van der Waals surface area contributed by atoms with E-state index in [0.717, 1.165) is 19.3 Å². The highest BCUT2D eigenvalue weighted by Crippen LogP contribution is 2.36.